The summed E-state index contributed by atoms with van der Waals surface area (Å²) in [6, 6.07) is 3.65. The Labute approximate surface area is 106 Å². The number of nitrogens with one attached hydrogen (secondary N) is 1. The van der Waals surface area contributed by atoms with Crippen molar-refractivity contribution >= 4 is 0 Å². The van der Waals surface area contributed by atoms with E-state index in [1.54, 1.807) is 12.5 Å². The summed E-state index contributed by atoms with van der Waals surface area (Å²) in [5.74, 6) is 0.738. The zero-order valence-corrected chi connectivity index (χ0v) is 10.9. The number of hydrogen-bond acceptors (Lipinski definition) is 5. The van der Waals surface area contributed by atoms with Gasteiger partial charge in [-0.15, -0.1) is 0 Å². The van der Waals surface area contributed by atoms with Gasteiger partial charge in [-0.25, -0.2) is 0 Å². The van der Waals surface area contributed by atoms with Crippen LogP contribution in [0.15, 0.2) is 33.5 Å². The molecule has 2 aromatic rings. The molecule has 18 heavy (non-hydrogen) atoms. The number of hydrogen-bond donors (Lipinski definition) is 1. The molecule has 0 atom stereocenters. The quantitative estimate of drug-likeness (QED) is 0.884. The maximum Gasteiger partial charge on any atom is 0.394 e. The summed E-state index contributed by atoms with van der Waals surface area (Å²) in [4.78, 5) is 4.22. The summed E-state index contributed by atoms with van der Waals surface area (Å²) in [6.07, 6.45) is 3.46. The van der Waals surface area contributed by atoms with Gasteiger partial charge in [0, 0.05) is 12.1 Å². The van der Waals surface area contributed by atoms with Gasteiger partial charge in [-0.1, -0.05) is 0 Å². The molecule has 0 saturated heterocycles. The van der Waals surface area contributed by atoms with Crippen molar-refractivity contribution in [3.8, 4) is 6.08 Å². The Bertz CT molecular complexity index is 469. The first-order valence-electron chi connectivity index (χ1n) is 5.87. The molecular weight excluding hydrogens is 232 g/mol. The van der Waals surface area contributed by atoms with Crippen molar-refractivity contribution in [3.63, 3.8) is 0 Å². The smallest absolute Gasteiger partial charge is 0.394 e. The first-order chi connectivity index (χ1) is 8.53. The maximum atomic E-state index is 5.36. The van der Waals surface area contributed by atoms with Crippen molar-refractivity contribution in [2.45, 2.75) is 39.5 Å². The summed E-state index contributed by atoms with van der Waals surface area (Å²) in [5.41, 5.74) is 0.869. The molecule has 2 heterocycles. The van der Waals surface area contributed by atoms with Crippen LogP contribution in [0.5, 0.6) is 6.08 Å². The maximum absolute atomic E-state index is 5.36. The average molecular weight is 250 g/mol. The van der Waals surface area contributed by atoms with Crippen LogP contribution in [0.1, 0.15) is 32.2 Å². The molecular formula is C13H18N2O3. The van der Waals surface area contributed by atoms with Crippen molar-refractivity contribution in [2.24, 2.45) is 0 Å². The molecule has 0 aliphatic rings. The van der Waals surface area contributed by atoms with Crippen LogP contribution in [0.2, 0.25) is 0 Å². The summed E-state index contributed by atoms with van der Waals surface area (Å²) in [5, 5.41) is 3.32. The van der Waals surface area contributed by atoms with Gasteiger partial charge in [0.1, 0.15) is 12.0 Å². The van der Waals surface area contributed by atoms with Crippen LogP contribution < -0.4 is 10.1 Å². The van der Waals surface area contributed by atoms with Crippen molar-refractivity contribution < 1.29 is 13.6 Å². The summed E-state index contributed by atoms with van der Waals surface area (Å²) < 4.78 is 15.7. The van der Waals surface area contributed by atoms with E-state index in [1.165, 1.54) is 0 Å². The molecule has 0 fully saturated rings. The number of nitrogens with zero attached hydrogens (tertiary/aromatic N) is 1. The van der Waals surface area contributed by atoms with E-state index in [-0.39, 0.29) is 11.6 Å². The minimum atomic E-state index is 0.0497. The third-order valence-corrected chi connectivity index (χ3v) is 2.25. The van der Waals surface area contributed by atoms with Gasteiger partial charge in [-0.2, -0.15) is 4.98 Å². The SMILES string of the molecule is CC(C)(C)NCc1coc(OCc2ccco2)n1. The van der Waals surface area contributed by atoms with Crippen molar-refractivity contribution in [2.75, 3.05) is 0 Å². The van der Waals surface area contributed by atoms with E-state index in [1.807, 2.05) is 12.1 Å². The van der Waals surface area contributed by atoms with Crippen molar-refractivity contribution in [1.29, 1.82) is 0 Å². The van der Waals surface area contributed by atoms with Crippen LogP contribution in [0.25, 0.3) is 0 Å². The number of rotatable bonds is 5. The standard InChI is InChI=1S/C13H18N2O3/c1-13(2,3)14-7-10-8-17-12(15-10)18-9-11-5-4-6-16-11/h4-6,8,14H,7,9H2,1-3H3. The highest BCUT2D eigenvalue weighted by molar-refractivity contribution is 5.02. The number of ether oxygens (including phenoxy) is 1. The Morgan fingerprint density at radius 1 is 1.33 bits per heavy atom. The van der Waals surface area contributed by atoms with Crippen LogP contribution in [-0.2, 0) is 13.2 Å². The molecule has 0 spiro atoms. The van der Waals surface area contributed by atoms with Gasteiger partial charge in [0.15, 0.2) is 6.61 Å². The van der Waals surface area contributed by atoms with Gasteiger partial charge in [-0.3, -0.25) is 0 Å². The second kappa shape index (κ2) is 5.27. The van der Waals surface area contributed by atoms with Gasteiger partial charge in [-0.05, 0) is 32.9 Å². The molecule has 0 amide bonds. The second-order valence-corrected chi connectivity index (χ2v) is 5.08. The monoisotopic (exact) mass is 250 g/mol. The van der Waals surface area contributed by atoms with Gasteiger partial charge < -0.3 is 18.9 Å². The van der Waals surface area contributed by atoms with Crippen LogP contribution in [0, 0.1) is 0 Å². The largest absolute Gasteiger partial charge is 0.466 e. The fourth-order valence-corrected chi connectivity index (χ4v) is 1.32. The summed E-state index contributed by atoms with van der Waals surface area (Å²) >= 11 is 0. The van der Waals surface area contributed by atoms with Crippen LogP contribution >= 0.6 is 0 Å². The van der Waals surface area contributed by atoms with Gasteiger partial charge in [0.05, 0.1) is 12.0 Å². The molecule has 5 heteroatoms. The molecule has 1 N–H and O–H groups in total. The lowest BCUT2D eigenvalue weighted by molar-refractivity contribution is 0.200. The van der Waals surface area contributed by atoms with Crippen LogP contribution in [0.3, 0.4) is 0 Å². The minimum absolute atomic E-state index is 0.0497. The van der Waals surface area contributed by atoms with E-state index < -0.39 is 0 Å². The highest BCUT2D eigenvalue weighted by Gasteiger charge is 2.11. The van der Waals surface area contributed by atoms with E-state index in [4.69, 9.17) is 13.6 Å². The van der Waals surface area contributed by atoms with Crippen LogP contribution in [0.4, 0.5) is 0 Å². The first-order valence-corrected chi connectivity index (χ1v) is 5.87. The van der Waals surface area contributed by atoms with E-state index >= 15 is 0 Å². The minimum Gasteiger partial charge on any atom is -0.466 e. The van der Waals surface area contributed by atoms with Crippen molar-refractivity contribution in [3.05, 3.63) is 36.1 Å². The number of furan rings is 1. The molecule has 0 aliphatic carbocycles. The molecule has 2 aromatic heterocycles. The lowest BCUT2D eigenvalue weighted by atomic mass is 10.1. The molecule has 0 unspecified atom stereocenters. The Hall–Kier alpha value is -1.75. The third-order valence-electron chi connectivity index (χ3n) is 2.25. The molecule has 98 valence electrons. The predicted molar refractivity (Wildman–Crippen MR) is 66.1 cm³/mol. The first kappa shape index (κ1) is 12.7. The predicted octanol–water partition coefficient (Wildman–Crippen LogP) is 2.73. The molecule has 0 saturated carbocycles. The number of oxazole rings is 1. The van der Waals surface area contributed by atoms with E-state index in [9.17, 15) is 0 Å². The van der Waals surface area contributed by atoms with Gasteiger partial charge >= 0.3 is 6.08 Å². The normalized spacial score (nSPS) is 11.7. The van der Waals surface area contributed by atoms with Gasteiger partial charge in [0.25, 0.3) is 0 Å². The second-order valence-electron chi connectivity index (χ2n) is 5.08. The van der Waals surface area contributed by atoms with Crippen LogP contribution in [-0.4, -0.2) is 10.5 Å². The Morgan fingerprint density at radius 2 is 2.17 bits per heavy atom. The molecule has 5 nitrogen and oxygen atoms in total. The summed E-state index contributed by atoms with van der Waals surface area (Å²) in [6.45, 7) is 7.26. The Morgan fingerprint density at radius 3 is 2.83 bits per heavy atom. The van der Waals surface area contributed by atoms with E-state index in [2.05, 4.69) is 31.1 Å². The number of aromatic nitrogens is 1. The Kier molecular flexibility index (Phi) is 3.72. The fourth-order valence-electron chi connectivity index (χ4n) is 1.32. The zero-order valence-electron chi connectivity index (χ0n) is 10.9. The molecule has 0 aliphatic heterocycles. The topological polar surface area (TPSA) is 60.4 Å². The van der Waals surface area contributed by atoms with E-state index in [0.29, 0.717) is 13.2 Å². The van der Waals surface area contributed by atoms with Gasteiger partial charge in [0.2, 0.25) is 0 Å². The van der Waals surface area contributed by atoms with Crippen molar-refractivity contribution in [1.82, 2.24) is 10.3 Å². The molecule has 0 bridgehead atoms. The summed E-state index contributed by atoms with van der Waals surface area (Å²) in [7, 11) is 0. The average Bonchev–Trinajstić information content (AvgIpc) is 2.94. The highest BCUT2D eigenvalue weighted by atomic mass is 16.6. The molecule has 0 radical (unpaired) electrons. The molecule has 2 rings (SSSR count). The zero-order chi connectivity index (χ0) is 13.0. The molecule has 0 aromatic carbocycles. The Balaban J connectivity index is 1.82. The third kappa shape index (κ3) is 3.92. The fraction of sp³-hybridized carbons (Fsp3) is 0.462. The lowest BCUT2D eigenvalue weighted by Gasteiger charge is -2.19. The highest BCUT2D eigenvalue weighted by Crippen LogP contribution is 2.13. The van der Waals surface area contributed by atoms with E-state index in [0.717, 1.165) is 11.5 Å². The lowest BCUT2D eigenvalue weighted by Crippen LogP contribution is -2.35.